The number of aromatic nitrogens is 3. The quantitative estimate of drug-likeness (QED) is 0.894. The maximum atomic E-state index is 13.2. The molecule has 0 aliphatic carbocycles. The van der Waals surface area contributed by atoms with Gasteiger partial charge < -0.3 is 4.90 Å². The van der Waals surface area contributed by atoms with Gasteiger partial charge in [0.25, 0.3) is 0 Å². The number of halogens is 1. The van der Waals surface area contributed by atoms with Crippen LogP contribution in [0.4, 0.5) is 10.3 Å². The highest BCUT2D eigenvalue weighted by molar-refractivity contribution is 8.01. The summed E-state index contributed by atoms with van der Waals surface area (Å²) >= 11 is 1.62. The summed E-state index contributed by atoms with van der Waals surface area (Å²) < 4.78 is 14.4. The Labute approximate surface area is 135 Å². The molecule has 2 aromatic rings. The molecule has 2 aliphatic rings. The number of amides is 2. The predicted octanol–water partition coefficient (Wildman–Crippen LogP) is 1.26. The number of nitrogens with one attached hydrogen (secondary N) is 1. The number of carbonyl (C=O) groups is 2. The summed E-state index contributed by atoms with van der Waals surface area (Å²) in [7, 11) is 0. The molecule has 2 fully saturated rings. The molecular weight excluding hydrogens is 321 g/mol. The summed E-state index contributed by atoms with van der Waals surface area (Å²) in [5.74, 6) is -0.0944. The molecule has 2 aliphatic heterocycles. The van der Waals surface area contributed by atoms with E-state index in [2.05, 4.69) is 15.4 Å². The number of hydrogen-bond donors (Lipinski definition) is 1. The Bertz CT molecular complexity index is 825. The SMILES string of the molecule is CC12CCC(=O)N1C(C(=O)Nc1nc3ccc(F)cn3n1)CS2. The van der Waals surface area contributed by atoms with E-state index in [4.69, 9.17) is 0 Å². The number of hydrogen-bond acceptors (Lipinski definition) is 5. The molecule has 7 nitrogen and oxygen atoms in total. The van der Waals surface area contributed by atoms with Crippen molar-refractivity contribution in [1.82, 2.24) is 19.5 Å². The minimum Gasteiger partial charge on any atom is -0.315 e. The summed E-state index contributed by atoms with van der Waals surface area (Å²) in [4.78, 5) is 30.1. The van der Waals surface area contributed by atoms with E-state index in [0.717, 1.165) is 6.42 Å². The van der Waals surface area contributed by atoms with Crippen LogP contribution in [-0.4, -0.2) is 48.0 Å². The Morgan fingerprint density at radius 1 is 1.52 bits per heavy atom. The molecule has 23 heavy (non-hydrogen) atoms. The topological polar surface area (TPSA) is 79.6 Å². The predicted molar refractivity (Wildman–Crippen MR) is 82.3 cm³/mol. The minimum atomic E-state index is -0.525. The number of thioether (sulfide) groups is 1. The maximum Gasteiger partial charge on any atom is 0.250 e. The van der Waals surface area contributed by atoms with Gasteiger partial charge in [0, 0.05) is 12.2 Å². The number of anilines is 1. The van der Waals surface area contributed by atoms with Crippen molar-refractivity contribution < 1.29 is 14.0 Å². The van der Waals surface area contributed by atoms with Gasteiger partial charge in [-0.05, 0) is 25.5 Å². The van der Waals surface area contributed by atoms with Crippen molar-refractivity contribution in [2.45, 2.75) is 30.7 Å². The number of rotatable bonds is 2. The number of carbonyl (C=O) groups excluding carboxylic acids is 2. The third kappa shape index (κ3) is 2.26. The third-order valence-electron chi connectivity index (χ3n) is 4.28. The van der Waals surface area contributed by atoms with Crippen LogP contribution in [0.3, 0.4) is 0 Å². The largest absolute Gasteiger partial charge is 0.315 e. The van der Waals surface area contributed by atoms with Crippen molar-refractivity contribution in [2.24, 2.45) is 0 Å². The molecule has 0 saturated carbocycles. The highest BCUT2D eigenvalue weighted by Crippen LogP contribution is 2.47. The van der Waals surface area contributed by atoms with Crippen LogP contribution in [0, 0.1) is 5.82 Å². The van der Waals surface area contributed by atoms with E-state index in [-0.39, 0.29) is 22.6 Å². The first-order chi connectivity index (χ1) is 11.0. The van der Waals surface area contributed by atoms with Gasteiger partial charge in [0.15, 0.2) is 5.65 Å². The zero-order chi connectivity index (χ0) is 16.2. The van der Waals surface area contributed by atoms with E-state index in [1.807, 2.05) is 6.92 Å². The highest BCUT2D eigenvalue weighted by atomic mass is 32.2. The lowest BCUT2D eigenvalue weighted by molar-refractivity contribution is -0.135. The van der Waals surface area contributed by atoms with Gasteiger partial charge in [-0.2, -0.15) is 4.98 Å². The first kappa shape index (κ1) is 14.4. The lowest BCUT2D eigenvalue weighted by Crippen LogP contribution is -2.48. The van der Waals surface area contributed by atoms with E-state index in [9.17, 15) is 14.0 Å². The molecule has 0 bridgehead atoms. The Morgan fingerprint density at radius 2 is 2.35 bits per heavy atom. The van der Waals surface area contributed by atoms with Crippen LogP contribution in [0.15, 0.2) is 18.3 Å². The lowest BCUT2D eigenvalue weighted by Gasteiger charge is -2.29. The number of fused-ring (bicyclic) bond motifs is 2. The first-order valence-corrected chi connectivity index (χ1v) is 8.24. The fourth-order valence-electron chi connectivity index (χ4n) is 3.12. The molecule has 2 unspecified atom stereocenters. The van der Waals surface area contributed by atoms with Crippen molar-refractivity contribution in [3.8, 4) is 0 Å². The Hall–Kier alpha value is -2.16. The van der Waals surface area contributed by atoms with Crippen molar-refractivity contribution in [3.63, 3.8) is 0 Å². The van der Waals surface area contributed by atoms with Gasteiger partial charge in [-0.15, -0.1) is 16.9 Å². The van der Waals surface area contributed by atoms with E-state index in [0.29, 0.717) is 17.8 Å². The van der Waals surface area contributed by atoms with Crippen LogP contribution in [0.1, 0.15) is 19.8 Å². The Kier molecular flexibility index (Phi) is 3.09. The zero-order valence-corrected chi connectivity index (χ0v) is 13.1. The normalized spacial score (nSPS) is 26.8. The van der Waals surface area contributed by atoms with Crippen LogP contribution < -0.4 is 5.32 Å². The van der Waals surface area contributed by atoms with E-state index in [1.54, 1.807) is 16.7 Å². The molecule has 0 radical (unpaired) electrons. The Balaban J connectivity index is 1.56. The average molecular weight is 335 g/mol. The van der Waals surface area contributed by atoms with Gasteiger partial charge in [-0.3, -0.25) is 14.9 Å². The molecule has 120 valence electrons. The Morgan fingerprint density at radius 3 is 3.17 bits per heavy atom. The van der Waals surface area contributed by atoms with Gasteiger partial charge in [0.1, 0.15) is 11.9 Å². The van der Waals surface area contributed by atoms with Crippen LogP contribution in [0.2, 0.25) is 0 Å². The highest BCUT2D eigenvalue weighted by Gasteiger charge is 2.52. The van der Waals surface area contributed by atoms with Gasteiger partial charge >= 0.3 is 0 Å². The second kappa shape index (κ2) is 4.92. The second-order valence-corrected chi connectivity index (χ2v) is 7.34. The second-order valence-electron chi connectivity index (χ2n) is 5.84. The summed E-state index contributed by atoms with van der Waals surface area (Å²) in [5, 5.41) is 6.66. The van der Waals surface area contributed by atoms with Gasteiger partial charge in [-0.1, -0.05) is 0 Å². The molecule has 2 atom stereocenters. The molecule has 4 heterocycles. The standard InChI is InChI=1S/C14H14FN5O2S/c1-14-5-4-11(21)20(14)9(7-23-14)12(22)17-13-16-10-3-2-8(15)6-19(10)18-13/h2-3,6,9H,4-5,7H2,1H3,(H,17,18,22). The number of nitrogens with zero attached hydrogens (tertiary/aromatic N) is 4. The van der Waals surface area contributed by atoms with Crippen LogP contribution in [0.25, 0.3) is 5.65 Å². The van der Waals surface area contributed by atoms with Gasteiger partial charge in [0.2, 0.25) is 17.8 Å². The summed E-state index contributed by atoms with van der Waals surface area (Å²) in [6.45, 7) is 1.99. The van der Waals surface area contributed by atoms with Gasteiger partial charge in [-0.25, -0.2) is 8.91 Å². The molecule has 2 amide bonds. The van der Waals surface area contributed by atoms with E-state index >= 15 is 0 Å². The summed E-state index contributed by atoms with van der Waals surface area (Å²) in [6, 6.07) is 2.23. The van der Waals surface area contributed by atoms with Crippen LogP contribution in [0.5, 0.6) is 0 Å². The smallest absolute Gasteiger partial charge is 0.250 e. The maximum absolute atomic E-state index is 13.2. The lowest BCUT2D eigenvalue weighted by atomic mass is 10.2. The van der Waals surface area contributed by atoms with E-state index < -0.39 is 11.9 Å². The molecule has 0 spiro atoms. The molecule has 0 aromatic carbocycles. The van der Waals surface area contributed by atoms with Gasteiger partial charge in [0.05, 0.1) is 11.1 Å². The first-order valence-electron chi connectivity index (χ1n) is 7.25. The molecule has 2 aromatic heterocycles. The third-order valence-corrected chi connectivity index (χ3v) is 5.78. The van der Waals surface area contributed by atoms with E-state index in [1.165, 1.54) is 22.8 Å². The zero-order valence-electron chi connectivity index (χ0n) is 12.3. The molecule has 9 heteroatoms. The van der Waals surface area contributed by atoms with Crippen molar-refractivity contribution >= 4 is 35.2 Å². The monoisotopic (exact) mass is 335 g/mol. The molecule has 1 N–H and O–H groups in total. The molecule has 4 rings (SSSR count). The molecular formula is C14H14FN5O2S. The van der Waals surface area contributed by atoms with Crippen LogP contribution in [-0.2, 0) is 9.59 Å². The average Bonchev–Trinajstić information content (AvgIpc) is 3.12. The summed E-state index contributed by atoms with van der Waals surface area (Å²) in [5.41, 5.74) is 0.435. The fourth-order valence-corrected chi connectivity index (χ4v) is 4.55. The van der Waals surface area contributed by atoms with Crippen molar-refractivity contribution in [1.29, 1.82) is 0 Å². The van der Waals surface area contributed by atoms with Crippen LogP contribution >= 0.6 is 11.8 Å². The summed E-state index contributed by atoms with van der Waals surface area (Å²) in [6.07, 6.45) is 2.41. The van der Waals surface area contributed by atoms with Crippen molar-refractivity contribution in [3.05, 3.63) is 24.1 Å². The van der Waals surface area contributed by atoms with Crippen molar-refractivity contribution in [2.75, 3.05) is 11.1 Å². The minimum absolute atomic E-state index is 0.00248. The number of pyridine rings is 1. The fraction of sp³-hybridized carbons (Fsp3) is 0.429. The molecule has 2 saturated heterocycles.